The molecule has 1 aliphatic carbocycles. The summed E-state index contributed by atoms with van der Waals surface area (Å²) in [6.45, 7) is 2.06. The van der Waals surface area contributed by atoms with Crippen molar-refractivity contribution >= 4 is 5.78 Å². The van der Waals surface area contributed by atoms with Gasteiger partial charge in [-0.3, -0.25) is 4.79 Å². The van der Waals surface area contributed by atoms with Crippen molar-refractivity contribution in [3.05, 3.63) is 29.3 Å². The first kappa shape index (κ1) is 9.88. The number of carbonyl (C=O) groups is 1. The molecule has 1 unspecified atom stereocenters. The number of carbonyl (C=O) groups excluding carboxylic acids is 1. The van der Waals surface area contributed by atoms with E-state index in [0.29, 0.717) is 11.7 Å². The number of ketones is 1. The predicted molar refractivity (Wildman–Crippen MR) is 61.9 cm³/mol. The van der Waals surface area contributed by atoms with E-state index >= 15 is 0 Å². The molecule has 1 atom stereocenters. The number of hydrogen-bond acceptors (Lipinski definition) is 2. The number of fused-ring (bicyclic) bond motifs is 1. The highest BCUT2D eigenvalue weighted by atomic mass is 16.5. The Morgan fingerprint density at radius 2 is 2.25 bits per heavy atom. The molecule has 16 heavy (non-hydrogen) atoms. The average Bonchev–Trinajstić information content (AvgIpc) is 2.96. The molecule has 0 radical (unpaired) electrons. The van der Waals surface area contributed by atoms with Crippen molar-refractivity contribution in [2.45, 2.75) is 38.7 Å². The molecular weight excluding hydrogens is 200 g/mol. The van der Waals surface area contributed by atoms with Crippen molar-refractivity contribution in [2.75, 3.05) is 0 Å². The van der Waals surface area contributed by atoms with Gasteiger partial charge < -0.3 is 4.74 Å². The zero-order chi connectivity index (χ0) is 11.1. The van der Waals surface area contributed by atoms with Gasteiger partial charge in [0.2, 0.25) is 0 Å². The maximum absolute atomic E-state index is 11.9. The largest absolute Gasteiger partial charge is 0.490 e. The monoisotopic (exact) mass is 216 g/mol. The van der Waals surface area contributed by atoms with Crippen molar-refractivity contribution < 1.29 is 9.53 Å². The van der Waals surface area contributed by atoms with Gasteiger partial charge in [0.15, 0.2) is 5.78 Å². The molecule has 2 heteroatoms. The lowest BCUT2D eigenvalue weighted by Gasteiger charge is -2.03. The second-order valence-electron chi connectivity index (χ2n) is 5.03. The van der Waals surface area contributed by atoms with E-state index in [-0.39, 0.29) is 6.10 Å². The fourth-order valence-electron chi connectivity index (χ4n) is 2.30. The summed E-state index contributed by atoms with van der Waals surface area (Å²) in [6.07, 6.45) is 4.38. The van der Waals surface area contributed by atoms with Crippen LogP contribution in [0.4, 0.5) is 0 Å². The molecule has 1 aromatic rings. The zero-order valence-corrected chi connectivity index (χ0v) is 9.53. The van der Waals surface area contributed by atoms with Crippen LogP contribution in [0.25, 0.3) is 0 Å². The second kappa shape index (κ2) is 3.62. The summed E-state index contributed by atoms with van der Waals surface area (Å²) >= 11 is 0. The van der Waals surface area contributed by atoms with Crippen LogP contribution in [-0.4, -0.2) is 11.9 Å². The predicted octanol–water partition coefficient (Wildman–Crippen LogP) is 2.99. The summed E-state index contributed by atoms with van der Waals surface area (Å²) in [5.74, 6) is 1.91. The van der Waals surface area contributed by atoms with E-state index in [0.717, 1.165) is 24.2 Å². The quantitative estimate of drug-likeness (QED) is 0.726. The van der Waals surface area contributed by atoms with E-state index in [4.69, 9.17) is 4.74 Å². The van der Waals surface area contributed by atoms with Gasteiger partial charge in [0.25, 0.3) is 0 Å². The lowest BCUT2D eigenvalue weighted by molar-refractivity contribution is 0.0976. The van der Waals surface area contributed by atoms with Crippen LogP contribution in [0.1, 0.15) is 42.1 Å². The van der Waals surface area contributed by atoms with Gasteiger partial charge in [0, 0.05) is 18.4 Å². The van der Waals surface area contributed by atoms with Crippen LogP contribution in [0.2, 0.25) is 0 Å². The SMILES string of the molecule is CC1Cc2cc(C(=O)CC3CC3)ccc2O1. The molecule has 0 spiro atoms. The van der Waals surface area contributed by atoms with E-state index in [1.54, 1.807) is 0 Å². The standard InChI is InChI=1S/C14H16O2/c1-9-6-12-8-11(4-5-14(12)16-9)13(15)7-10-2-3-10/h4-5,8-10H,2-3,6-7H2,1H3. The topological polar surface area (TPSA) is 26.3 Å². The van der Waals surface area contributed by atoms with Gasteiger partial charge in [0.1, 0.15) is 11.9 Å². The number of Topliss-reactive ketones (excluding diaryl/α,β-unsaturated/α-hetero) is 1. The molecule has 1 fully saturated rings. The van der Waals surface area contributed by atoms with Gasteiger partial charge in [-0.15, -0.1) is 0 Å². The Hall–Kier alpha value is -1.31. The molecule has 2 nitrogen and oxygen atoms in total. The van der Waals surface area contributed by atoms with Gasteiger partial charge >= 0.3 is 0 Å². The Balaban J connectivity index is 1.81. The highest BCUT2D eigenvalue weighted by Crippen LogP contribution is 2.35. The molecule has 0 amide bonds. The Labute approximate surface area is 95.6 Å². The fourth-order valence-corrected chi connectivity index (χ4v) is 2.30. The minimum Gasteiger partial charge on any atom is -0.490 e. The van der Waals surface area contributed by atoms with Crippen LogP contribution in [0.3, 0.4) is 0 Å². The lowest BCUT2D eigenvalue weighted by atomic mass is 10.0. The van der Waals surface area contributed by atoms with Gasteiger partial charge in [0.05, 0.1) is 0 Å². The normalized spacial score (nSPS) is 22.7. The first-order valence-corrected chi connectivity index (χ1v) is 6.05. The second-order valence-corrected chi connectivity index (χ2v) is 5.03. The third-order valence-corrected chi connectivity index (χ3v) is 3.39. The number of benzene rings is 1. The molecule has 1 heterocycles. The minimum atomic E-state index is 0.254. The third-order valence-electron chi connectivity index (χ3n) is 3.39. The Bertz CT molecular complexity index is 432. The van der Waals surface area contributed by atoms with Crippen molar-refractivity contribution in [1.29, 1.82) is 0 Å². The van der Waals surface area contributed by atoms with E-state index in [2.05, 4.69) is 6.92 Å². The Kier molecular flexibility index (Phi) is 2.23. The van der Waals surface area contributed by atoms with Crippen molar-refractivity contribution in [2.24, 2.45) is 5.92 Å². The summed E-state index contributed by atoms with van der Waals surface area (Å²) in [5.41, 5.74) is 2.05. The number of hydrogen-bond donors (Lipinski definition) is 0. The first-order chi connectivity index (χ1) is 7.72. The van der Waals surface area contributed by atoms with Gasteiger partial charge in [-0.25, -0.2) is 0 Å². The van der Waals surface area contributed by atoms with Gasteiger partial charge in [-0.1, -0.05) is 0 Å². The van der Waals surface area contributed by atoms with Crippen molar-refractivity contribution in [3.63, 3.8) is 0 Å². The molecule has 1 aromatic carbocycles. The van der Waals surface area contributed by atoms with E-state index in [9.17, 15) is 4.79 Å². The van der Waals surface area contributed by atoms with E-state index in [1.807, 2.05) is 18.2 Å². The zero-order valence-electron chi connectivity index (χ0n) is 9.53. The molecule has 1 aliphatic heterocycles. The maximum atomic E-state index is 11.9. The van der Waals surface area contributed by atoms with Crippen LogP contribution in [0.5, 0.6) is 5.75 Å². The van der Waals surface area contributed by atoms with Crippen LogP contribution in [0, 0.1) is 5.92 Å². The van der Waals surface area contributed by atoms with Crippen LogP contribution in [0.15, 0.2) is 18.2 Å². The third kappa shape index (κ3) is 1.84. The van der Waals surface area contributed by atoms with Crippen LogP contribution < -0.4 is 4.74 Å². The highest BCUT2D eigenvalue weighted by molar-refractivity contribution is 5.96. The van der Waals surface area contributed by atoms with Crippen molar-refractivity contribution in [3.8, 4) is 5.75 Å². The molecule has 0 N–H and O–H groups in total. The summed E-state index contributed by atoms with van der Waals surface area (Å²) < 4.78 is 5.62. The molecule has 1 saturated carbocycles. The summed E-state index contributed by atoms with van der Waals surface area (Å²) in [7, 11) is 0. The summed E-state index contributed by atoms with van der Waals surface area (Å²) in [4.78, 5) is 11.9. The fraction of sp³-hybridized carbons (Fsp3) is 0.500. The van der Waals surface area contributed by atoms with E-state index in [1.165, 1.54) is 18.4 Å². The van der Waals surface area contributed by atoms with Gasteiger partial charge in [-0.05, 0) is 49.4 Å². The Morgan fingerprint density at radius 3 is 3.00 bits per heavy atom. The van der Waals surface area contributed by atoms with Crippen LogP contribution >= 0.6 is 0 Å². The summed E-state index contributed by atoms with van der Waals surface area (Å²) in [5, 5.41) is 0. The molecule has 0 aromatic heterocycles. The Morgan fingerprint density at radius 1 is 1.44 bits per heavy atom. The molecular formula is C14H16O2. The maximum Gasteiger partial charge on any atom is 0.163 e. The number of ether oxygens (including phenoxy) is 1. The van der Waals surface area contributed by atoms with Crippen LogP contribution in [-0.2, 0) is 6.42 Å². The molecule has 0 bridgehead atoms. The lowest BCUT2D eigenvalue weighted by Crippen LogP contribution is -2.05. The minimum absolute atomic E-state index is 0.254. The first-order valence-electron chi connectivity index (χ1n) is 6.05. The number of rotatable bonds is 3. The smallest absolute Gasteiger partial charge is 0.163 e. The average molecular weight is 216 g/mol. The summed E-state index contributed by atoms with van der Waals surface area (Å²) in [6, 6.07) is 5.87. The van der Waals surface area contributed by atoms with Crippen molar-refractivity contribution in [1.82, 2.24) is 0 Å². The highest BCUT2D eigenvalue weighted by Gasteiger charge is 2.26. The molecule has 84 valence electrons. The molecule has 2 aliphatic rings. The molecule has 0 saturated heterocycles. The molecule has 3 rings (SSSR count). The van der Waals surface area contributed by atoms with Gasteiger partial charge in [-0.2, -0.15) is 0 Å². The van der Waals surface area contributed by atoms with E-state index < -0.39 is 0 Å².